The highest BCUT2D eigenvalue weighted by molar-refractivity contribution is 6.22. The molecule has 3 amide bonds. The second kappa shape index (κ2) is 9.37. The number of carbonyl (C=O) groups excluding carboxylic acids is 4. The Morgan fingerprint density at radius 1 is 1.06 bits per heavy atom. The van der Waals surface area contributed by atoms with Gasteiger partial charge < -0.3 is 9.64 Å². The van der Waals surface area contributed by atoms with Crippen LogP contribution in [0.4, 0.5) is 11.4 Å². The van der Waals surface area contributed by atoms with Crippen molar-refractivity contribution in [1.29, 1.82) is 0 Å². The lowest BCUT2D eigenvalue weighted by molar-refractivity contribution is -0.139. The monoisotopic (exact) mass is 486 g/mol. The minimum absolute atomic E-state index is 0.0176. The maximum atomic E-state index is 13.1. The van der Waals surface area contributed by atoms with Crippen molar-refractivity contribution >= 4 is 35.1 Å². The van der Waals surface area contributed by atoms with Gasteiger partial charge in [0.1, 0.15) is 5.75 Å². The number of benzene rings is 2. The van der Waals surface area contributed by atoms with Crippen LogP contribution in [0.2, 0.25) is 0 Å². The fourth-order valence-corrected chi connectivity index (χ4v) is 5.55. The summed E-state index contributed by atoms with van der Waals surface area (Å²) in [5.41, 5.74) is 3.14. The molecule has 36 heavy (non-hydrogen) atoms. The Bertz CT molecular complexity index is 1260. The Kier molecular flexibility index (Phi) is 6.24. The van der Waals surface area contributed by atoms with Gasteiger partial charge in [0.25, 0.3) is 0 Å². The molecular weight excluding hydrogens is 456 g/mol. The van der Waals surface area contributed by atoms with Crippen LogP contribution in [0.1, 0.15) is 37.8 Å². The van der Waals surface area contributed by atoms with Gasteiger partial charge in [-0.15, -0.1) is 0 Å². The maximum Gasteiger partial charge on any atom is 0.316 e. The van der Waals surface area contributed by atoms with Crippen molar-refractivity contribution in [2.45, 2.75) is 40.0 Å². The van der Waals surface area contributed by atoms with E-state index in [1.54, 1.807) is 30.0 Å². The fraction of sp³-hybridized carbons (Fsp3) is 0.379. The summed E-state index contributed by atoms with van der Waals surface area (Å²) in [4.78, 5) is 54.5. The molecule has 7 nitrogen and oxygen atoms in total. The van der Waals surface area contributed by atoms with E-state index in [0.717, 1.165) is 12.1 Å². The second-order valence-corrected chi connectivity index (χ2v) is 9.96. The molecule has 2 aromatic rings. The van der Waals surface area contributed by atoms with E-state index in [1.807, 2.05) is 43.3 Å². The van der Waals surface area contributed by atoms with E-state index >= 15 is 0 Å². The van der Waals surface area contributed by atoms with Crippen molar-refractivity contribution < 1.29 is 23.9 Å². The highest BCUT2D eigenvalue weighted by atomic mass is 16.5. The average Bonchev–Trinajstić information content (AvgIpc) is 3.37. The summed E-state index contributed by atoms with van der Waals surface area (Å²) in [5, 5.41) is 0. The van der Waals surface area contributed by atoms with Gasteiger partial charge in [0.05, 0.1) is 23.4 Å². The Balaban J connectivity index is 1.27. The van der Waals surface area contributed by atoms with Crippen LogP contribution < -0.4 is 14.5 Å². The first kappa shape index (κ1) is 24.0. The molecular formula is C29H30N2O5. The molecule has 186 valence electrons. The Morgan fingerprint density at radius 2 is 1.81 bits per heavy atom. The summed E-state index contributed by atoms with van der Waals surface area (Å²) >= 11 is 0. The maximum absolute atomic E-state index is 13.1. The van der Waals surface area contributed by atoms with Gasteiger partial charge in [-0.25, -0.2) is 4.90 Å². The van der Waals surface area contributed by atoms with Crippen molar-refractivity contribution in [2.24, 2.45) is 23.7 Å². The van der Waals surface area contributed by atoms with Crippen LogP contribution in [0.5, 0.6) is 5.75 Å². The van der Waals surface area contributed by atoms with Crippen molar-refractivity contribution in [3.63, 3.8) is 0 Å². The number of nitrogens with zero attached hydrogens (tertiary/aromatic N) is 2. The summed E-state index contributed by atoms with van der Waals surface area (Å²) < 4.78 is 5.61. The molecule has 2 saturated heterocycles. The van der Waals surface area contributed by atoms with Gasteiger partial charge in [-0.2, -0.15) is 0 Å². The van der Waals surface area contributed by atoms with Gasteiger partial charge in [-0.1, -0.05) is 38.1 Å². The number of rotatable bonds is 5. The first-order valence-corrected chi connectivity index (χ1v) is 12.5. The lowest BCUT2D eigenvalue weighted by Gasteiger charge is -2.22. The number of aryl methyl sites for hydroxylation is 2. The highest BCUT2D eigenvalue weighted by Gasteiger charge is 2.50. The average molecular weight is 487 g/mol. The van der Waals surface area contributed by atoms with Crippen LogP contribution in [0.15, 0.2) is 54.6 Å². The van der Waals surface area contributed by atoms with Gasteiger partial charge in [-0.3, -0.25) is 19.2 Å². The van der Waals surface area contributed by atoms with E-state index in [0.29, 0.717) is 23.4 Å². The Labute approximate surface area is 210 Å². The zero-order chi connectivity index (χ0) is 25.6. The number of fused-ring (bicyclic) bond motifs is 1. The molecule has 5 rings (SSSR count). The molecule has 0 unspecified atom stereocenters. The Morgan fingerprint density at radius 3 is 2.47 bits per heavy atom. The number of imide groups is 1. The number of hydrogen-bond acceptors (Lipinski definition) is 5. The quantitative estimate of drug-likeness (QED) is 0.274. The second-order valence-electron chi connectivity index (χ2n) is 9.96. The van der Waals surface area contributed by atoms with E-state index in [1.165, 1.54) is 10.5 Å². The normalized spacial score (nSPS) is 25.5. The molecule has 2 aromatic carbocycles. The van der Waals surface area contributed by atoms with E-state index in [4.69, 9.17) is 4.74 Å². The first-order valence-electron chi connectivity index (χ1n) is 12.5. The molecule has 0 saturated carbocycles. The van der Waals surface area contributed by atoms with Crippen LogP contribution in [0.25, 0.3) is 0 Å². The summed E-state index contributed by atoms with van der Waals surface area (Å²) in [6.07, 6.45) is 5.56. The Hall–Kier alpha value is -3.74. The van der Waals surface area contributed by atoms with E-state index < -0.39 is 11.9 Å². The van der Waals surface area contributed by atoms with Crippen LogP contribution in [0, 0.1) is 30.6 Å². The van der Waals surface area contributed by atoms with Crippen molar-refractivity contribution in [2.75, 3.05) is 16.3 Å². The summed E-state index contributed by atoms with van der Waals surface area (Å²) in [7, 11) is 0. The van der Waals surface area contributed by atoms with Crippen LogP contribution >= 0.6 is 0 Å². The molecule has 0 bridgehead atoms. The number of ether oxygens (including phenoxy) is 1. The zero-order valence-electron chi connectivity index (χ0n) is 20.8. The van der Waals surface area contributed by atoms with E-state index in [2.05, 4.69) is 6.92 Å². The van der Waals surface area contributed by atoms with Gasteiger partial charge in [0, 0.05) is 18.7 Å². The summed E-state index contributed by atoms with van der Waals surface area (Å²) in [6, 6.07) is 12.7. The smallest absolute Gasteiger partial charge is 0.316 e. The number of esters is 1. The molecule has 0 N–H and O–H groups in total. The summed E-state index contributed by atoms with van der Waals surface area (Å²) in [5.74, 6) is -1.81. The van der Waals surface area contributed by atoms with Crippen LogP contribution in [-0.2, 0) is 25.6 Å². The van der Waals surface area contributed by atoms with Gasteiger partial charge >= 0.3 is 5.97 Å². The number of carbonyl (C=O) groups is 4. The molecule has 0 radical (unpaired) electrons. The lowest BCUT2D eigenvalue weighted by Crippen LogP contribution is -2.32. The minimum atomic E-state index is -0.567. The SMILES string of the molecule is CCc1ccc(N2C[C@H](C(=O)Oc3ccc(N4C(=O)[C@H]5[C@@H](C)C=CC[C@H]5C4=O)c(C)c3)CC2=O)cc1. The fourth-order valence-electron chi connectivity index (χ4n) is 5.55. The van der Waals surface area contributed by atoms with Gasteiger partial charge in [-0.05, 0) is 67.1 Å². The predicted octanol–water partition coefficient (Wildman–Crippen LogP) is 4.22. The predicted molar refractivity (Wildman–Crippen MR) is 135 cm³/mol. The molecule has 7 heteroatoms. The lowest BCUT2D eigenvalue weighted by atomic mass is 9.78. The van der Waals surface area contributed by atoms with Crippen LogP contribution in [0.3, 0.4) is 0 Å². The van der Waals surface area contributed by atoms with Gasteiger partial charge in [0.15, 0.2) is 0 Å². The summed E-state index contributed by atoms with van der Waals surface area (Å²) in [6.45, 7) is 6.09. The van der Waals surface area contributed by atoms with Crippen LogP contribution in [-0.4, -0.2) is 30.2 Å². The minimum Gasteiger partial charge on any atom is -0.426 e. The largest absolute Gasteiger partial charge is 0.426 e. The molecule has 0 aromatic heterocycles. The van der Waals surface area contributed by atoms with Crippen molar-refractivity contribution in [3.8, 4) is 5.75 Å². The first-order chi connectivity index (χ1) is 17.3. The van der Waals surface area contributed by atoms with Crippen molar-refractivity contribution in [3.05, 3.63) is 65.7 Å². The number of anilines is 2. The standard InChI is InChI=1S/C29H30N2O5/c1-4-19-8-10-21(11-9-19)30-16-20(15-25(30)32)29(35)36-22-12-13-24(18(3)14-22)31-27(33)23-7-5-6-17(2)26(23)28(31)34/h5-6,8-14,17,20,23,26H,4,7,15-16H2,1-3H3/t17-,20+,23+,26-/m0/s1. The third-order valence-electron chi connectivity index (χ3n) is 7.61. The van der Waals surface area contributed by atoms with E-state index in [-0.39, 0.29) is 48.4 Å². The van der Waals surface area contributed by atoms with Crippen molar-refractivity contribution in [1.82, 2.24) is 0 Å². The highest BCUT2D eigenvalue weighted by Crippen LogP contribution is 2.41. The van der Waals surface area contributed by atoms with Gasteiger partial charge in [0.2, 0.25) is 17.7 Å². The third kappa shape index (κ3) is 4.12. The zero-order valence-corrected chi connectivity index (χ0v) is 20.8. The topological polar surface area (TPSA) is 84.0 Å². The molecule has 2 heterocycles. The molecule has 1 aliphatic carbocycles. The third-order valence-corrected chi connectivity index (χ3v) is 7.61. The number of hydrogen-bond donors (Lipinski definition) is 0. The number of amides is 3. The molecule has 4 atom stereocenters. The number of allylic oxidation sites excluding steroid dienone is 2. The molecule has 3 aliphatic rings. The molecule has 0 spiro atoms. The molecule has 2 fully saturated rings. The van der Waals surface area contributed by atoms with E-state index in [9.17, 15) is 19.2 Å². The molecule has 2 aliphatic heterocycles.